The molecule has 162 valence electrons. The third-order valence-electron chi connectivity index (χ3n) is 5.00. The fourth-order valence-corrected chi connectivity index (χ4v) is 5.15. The SMILES string of the molecule is NC(=O)c1cc(S(=O)(=O)N2CCCC2)ccc1OCc1nc2cc(Cl)ccc2c(=O)[nH]1. The normalized spacial score (nSPS) is 14.7. The number of primary amides is 1. The maximum Gasteiger partial charge on any atom is 0.258 e. The van der Waals surface area contributed by atoms with Gasteiger partial charge >= 0.3 is 0 Å². The Morgan fingerprint density at radius 2 is 1.94 bits per heavy atom. The number of halogens is 1. The number of rotatable bonds is 6. The smallest absolute Gasteiger partial charge is 0.258 e. The van der Waals surface area contributed by atoms with Crippen molar-refractivity contribution < 1.29 is 17.9 Å². The highest BCUT2D eigenvalue weighted by molar-refractivity contribution is 7.89. The van der Waals surface area contributed by atoms with Gasteiger partial charge in [0.25, 0.3) is 11.5 Å². The number of nitrogens with two attached hydrogens (primary N) is 1. The number of ether oxygens (including phenoxy) is 1. The molecule has 1 fully saturated rings. The van der Waals surface area contributed by atoms with E-state index in [1.807, 2.05) is 0 Å². The molecule has 4 rings (SSSR count). The van der Waals surface area contributed by atoms with Crippen molar-refractivity contribution in [2.45, 2.75) is 24.3 Å². The average molecular weight is 463 g/mol. The molecule has 0 aliphatic carbocycles. The number of amides is 1. The van der Waals surface area contributed by atoms with Crippen LogP contribution in [0.15, 0.2) is 46.1 Å². The lowest BCUT2D eigenvalue weighted by Gasteiger charge is -2.17. The van der Waals surface area contributed by atoms with E-state index in [1.165, 1.54) is 22.5 Å². The zero-order valence-corrected chi connectivity index (χ0v) is 17.9. The standard InChI is InChI=1S/C20H19ClN4O5S/c21-12-3-5-14-16(9-12)23-18(24-20(14)27)11-30-17-6-4-13(10-15(17)19(22)26)31(28,29)25-7-1-2-8-25/h3-6,9-10H,1-2,7-8,11H2,(H2,22,26)(H,23,24,27). The van der Waals surface area contributed by atoms with E-state index in [-0.39, 0.29) is 34.2 Å². The van der Waals surface area contributed by atoms with E-state index in [0.29, 0.717) is 29.0 Å². The molecule has 11 heteroatoms. The molecule has 0 bridgehead atoms. The van der Waals surface area contributed by atoms with Crippen LogP contribution in [0.5, 0.6) is 5.75 Å². The predicted octanol–water partition coefficient (Wildman–Crippen LogP) is 2.04. The molecule has 0 unspecified atom stereocenters. The minimum atomic E-state index is -3.71. The number of benzene rings is 2. The number of aromatic nitrogens is 2. The maximum absolute atomic E-state index is 12.8. The third kappa shape index (κ3) is 4.27. The van der Waals surface area contributed by atoms with Crippen molar-refractivity contribution in [3.05, 3.63) is 63.2 Å². The minimum absolute atomic E-state index is 0.0255. The lowest BCUT2D eigenvalue weighted by atomic mass is 10.2. The number of fused-ring (bicyclic) bond motifs is 1. The van der Waals surface area contributed by atoms with Crippen LogP contribution in [-0.4, -0.2) is 41.7 Å². The summed E-state index contributed by atoms with van der Waals surface area (Å²) in [5.41, 5.74) is 5.41. The molecule has 1 aromatic heterocycles. The molecular formula is C20H19ClN4O5S. The monoisotopic (exact) mass is 462 g/mol. The molecule has 31 heavy (non-hydrogen) atoms. The number of H-pyrrole nitrogens is 1. The van der Waals surface area contributed by atoms with Gasteiger partial charge in [-0.2, -0.15) is 4.31 Å². The van der Waals surface area contributed by atoms with Crippen LogP contribution in [0.4, 0.5) is 0 Å². The van der Waals surface area contributed by atoms with Gasteiger partial charge in [-0.1, -0.05) is 11.6 Å². The summed E-state index contributed by atoms with van der Waals surface area (Å²) < 4.78 is 32.5. The van der Waals surface area contributed by atoms with Crippen LogP contribution >= 0.6 is 11.6 Å². The van der Waals surface area contributed by atoms with Crippen LogP contribution in [-0.2, 0) is 16.6 Å². The number of hydrogen-bond donors (Lipinski definition) is 2. The summed E-state index contributed by atoms with van der Waals surface area (Å²) in [5.74, 6) is -0.536. The second-order valence-corrected chi connectivity index (χ2v) is 9.47. The van der Waals surface area contributed by atoms with Crippen LogP contribution in [0.25, 0.3) is 10.9 Å². The van der Waals surface area contributed by atoms with Gasteiger partial charge in [-0.15, -0.1) is 0 Å². The fraction of sp³-hybridized carbons (Fsp3) is 0.250. The summed E-state index contributed by atoms with van der Waals surface area (Å²) in [7, 11) is -3.71. The van der Waals surface area contributed by atoms with Crippen molar-refractivity contribution in [2.75, 3.05) is 13.1 Å². The number of aromatic amines is 1. The van der Waals surface area contributed by atoms with Crippen LogP contribution in [0.2, 0.25) is 5.02 Å². The molecule has 2 aromatic carbocycles. The predicted molar refractivity (Wildman–Crippen MR) is 115 cm³/mol. The summed E-state index contributed by atoms with van der Waals surface area (Å²) in [6.07, 6.45) is 1.59. The molecule has 1 aliphatic rings. The summed E-state index contributed by atoms with van der Waals surface area (Å²) >= 11 is 5.96. The largest absolute Gasteiger partial charge is 0.485 e. The number of carbonyl (C=O) groups excluding carboxylic acids is 1. The number of carbonyl (C=O) groups is 1. The van der Waals surface area contributed by atoms with Gasteiger partial charge in [0, 0.05) is 18.1 Å². The highest BCUT2D eigenvalue weighted by Gasteiger charge is 2.28. The molecule has 1 amide bonds. The van der Waals surface area contributed by atoms with Crippen LogP contribution in [0.3, 0.4) is 0 Å². The molecule has 0 spiro atoms. The Balaban J connectivity index is 1.62. The van der Waals surface area contributed by atoms with Crippen molar-refractivity contribution >= 4 is 38.4 Å². The van der Waals surface area contributed by atoms with E-state index < -0.39 is 15.9 Å². The van der Waals surface area contributed by atoms with E-state index in [0.717, 1.165) is 12.8 Å². The summed E-state index contributed by atoms with van der Waals surface area (Å²) in [6.45, 7) is 0.713. The van der Waals surface area contributed by atoms with Gasteiger partial charge in [-0.3, -0.25) is 9.59 Å². The molecule has 0 radical (unpaired) electrons. The van der Waals surface area contributed by atoms with Gasteiger partial charge < -0.3 is 15.5 Å². The Hall–Kier alpha value is -2.95. The zero-order valence-electron chi connectivity index (χ0n) is 16.3. The molecule has 2 heterocycles. The van der Waals surface area contributed by atoms with Gasteiger partial charge in [0.15, 0.2) is 0 Å². The molecular weight excluding hydrogens is 444 g/mol. The lowest BCUT2D eigenvalue weighted by molar-refractivity contribution is 0.0995. The quantitative estimate of drug-likeness (QED) is 0.575. The molecule has 0 saturated carbocycles. The molecule has 1 saturated heterocycles. The van der Waals surface area contributed by atoms with Crippen molar-refractivity contribution in [1.29, 1.82) is 0 Å². The fourth-order valence-electron chi connectivity index (χ4n) is 3.44. The summed E-state index contributed by atoms with van der Waals surface area (Å²) in [5, 5.41) is 0.811. The first-order valence-electron chi connectivity index (χ1n) is 9.51. The van der Waals surface area contributed by atoms with E-state index >= 15 is 0 Å². The molecule has 9 nitrogen and oxygen atoms in total. The van der Waals surface area contributed by atoms with Crippen molar-refractivity contribution in [3.8, 4) is 5.75 Å². The summed E-state index contributed by atoms with van der Waals surface area (Å²) in [4.78, 5) is 31.1. The Morgan fingerprint density at radius 3 is 2.65 bits per heavy atom. The summed E-state index contributed by atoms with van der Waals surface area (Å²) in [6, 6.07) is 8.67. The number of nitrogens with one attached hydrogen (secondary N) is 1. The van der Waals surface area contributed by atoms with Crippen molar-refractivity contribution in [2.24, 2.45) is 5.73 Å². The first-order valence-corrected chi connectivity index (χ1v) is 11.3. The lowest BCUT2D eigenvalue weighted by Crippen LogP contribution is -2.28. The number of sulfonamides is 1. The Morgan fingerprint density at radius 1 is 1.19 bits per heavy atom. The van der Waals surface area contributed by atoms with Crippen molar-refractivity contribution in [1.82, 2.24) is 14.3 Å². The topological polar surface area (TPSA) is 135 Å². The van der Waals surface area contributed by atoms with Gasteiger partial charge in [0.05, 0.1) is 21.4 Å². The first kappa shape index (κ1) is 21.3. The Kier molecular flexibility index (Phi) is 5.69. The van der Waals surface area contributed by atoms with Gasteiger partial charge in [0.2, 0.25) is 10.0 Å². The molecule has 0 atom stereocenters. The maximum atomic E-state index is 12.8. The van der Waals surface area contributed by atoms with Crippen LogP contribution < -0.4 is 16.0 Å². The zero-order chi connectivity index (χ0) is 22.2. The number of hydrogen-bond acceptors (Lipinski definition) is 6. The second kappa shape index (κ2) is 8.29. The van der Waals surface area contributed by atoms with E-state index in [4.69, 9.17) is 22.1 Å². The van der Waals surface area contributed by atoms with Crippen LogP contribution in [0, 0.1) is 0 Å². The molecule has 3 aromatic rings. The van der Waals surface area contributed by atoms with Gasteiger partial charge in [-0.05, 0) is 49.2 Å². The van der Waals surface area contributed by atoms with Crippen molar-refractivity contribution in [3.63, 3.8) is 0 Å². The van der Waals surface area contributed by atoms with E-state index in [9.17, 15) is 18.0 Å². The number of nitrogens with zero attached hydrogens (tertiary/aromatic N) is 2. The minimum Gasteiger partial charge on any atom is -0.485 e. The van der Waals surface area contributed by atoms with E-state index in [2.05, 4.69) is 9.97 Å². The molecule has 3 N–H and O–H groups in total. The second-order valence-electron chi connectivity index (χ2n) is 7.10. The van der Waals surface area contributed by atoms with E-state index in [1.54, 1.807) is 18.2 Å². The first-order chi connectivity index (χ1) is 14.8. The average Bonchev–Trinajstić information content (AvgIpc) is 3.27. The Bertz CT molecular complexity index is 1330. The third-order valence-corrected chi connectivity index (χ3v) is 7.13. The molecule has 1 aliphatic heterocycles. The van der Waals surface area contributed by atoms with Crippen LogP contribution in [0.1, 0.15) is 29.0 Å². The van der Waals surface area contributed by atoms with Gasteiger partial charge in [0.1, 0.15) is 18.2 Å². The van der Waals surface area contributed by atoms with Gasteiger partial charge in [-0.25, -0.2) is 13.4 Å². The highest BCUT2D eigenvalue weighted by atomic mass is 35.5. The highest BCUT2D eigenvalue weighted by Crippen LogP contribution is 2.27. The Labute approximate surface area is 182 Å².